The lowest BCUT2D eigenvalue weighted by molar-refractivity contribution is 0.410. The summed E-state index contributed by atoms with van der Waals surface area (Å²) in [6.07, 6.45) is 0. The Morgan fingerprint density at radius 1 is 1.17 bits per heavy atom. The molecule has 0 spiro atoms. The molecule has 29 heavy (non-hydrogen) atoms. The maximum Gasteiger partial charge on any atom is 0.234 e. The Kier molecular flexibility index (Phi) is 8.26. The van der Waals surface area contributed by atoms with Gasteiger partial charge in [-0.3, -0.25) is 4.72 Å². The summed E-state index contributed by atoms with van der Waals surface area (Å²) >= 11 is 0. The minimum atomic E-state index is -3.63. The quantitative estimate of drug-likeness (QED) is 0.427. The third-order valence-corrected chi connectivity index (χ3v) is 5.34. The molecule has 0 radical (unpaired) electrons. The Labute approximate surface area is 171 Å². The molecule has 0 amide bonds. The number of ether oxygens (including phenoxy) is 1. The lowest BCUT2D eigenvalue weighted by Gasteiger charge is -2.13. The molecule has 0 saturated heterocycles. The van der Waals surface area contributed by atoms with Crippen LogP contribution in [-0.2, 0) is 16.6 Å². The second-order valence-electron chi connectivity index (χ2n) is 6.32. The molecule has 7 nitrogen and oxygen atoms in total. The molecule has 0 aliphatic carbocycles. The van der Waals surface area contributed by atoms with E-state index in [4.69, 9.17) is 4.74 Å². The minimum Gasteiger partial charge on any atom is -0.496 e. The van der Waals surface area contributed by atoms with E-state index in [-0.39, 0.29) is 18.0 Å². The highest BCUT2D eigenvalue weighted by atomic mass is 32.2. The molecular formula is C20H27FN4O3S. The van der Waals surface area contributed by atoms with Gasteiger partial charge in [0.1, 0.15) is 11.6 Å². The van der Waals surface area contributed by atoms with Crippen LogP contribution in [0.4, 0.5) is 10.1 Å². The van der Waals surface area contributed by atoms with Crippen molar-refractivity contribution in [2.45, 2.75) is 20.4 Å². The first-order valence-electron chi connectivity index (χ1n) is 9.25. The molecule has 0 aliphatic heterocycles. The van der Waals surface area contributed by atoms with Gasteiger partial charge >= 0.3 is 0 Å². The van der Waals surface area contributed by atoms with Crippen LogP contribution in [0.15, 0.2) is 47.5 Å². The average molecular weight is 423 g/mol. The number of guanidine groups is 1. The molecule has 0 heterocycles. The summed E-state index contributed by atoms with van der Waals surface area (Å²) in [4.78, 5) is 4.47. The van der Waals surface area contributed by atoms with Crippen LogP contribution in [0.2, 0.25) is 0 Å². The van der Waals surface area contributed by atoms with Crippen molar-refractivity contribution in [3.05, 3.63) is 59.4 Å². The Hall–Kier alpha value is -2.81. The number of halogens is 1. The summed E-state index contributed by atoms with van der Waals surface area (Å²) in [5, 5.41) is 6.07. The van der Waals surface area contributed by atoms with Gasteiger partial charge in [0.25, 0.3) is 0 Å². The number of hydrogen-bond acceptors (Lipinski definition) is 4. The summed E-state index contributed by atoms with van der Waals surface area (Å²) < 4.78 is 45.8. The predicted molar refractivity (Wildman–Crippen MR) is 114 cm³/mol. The number of aliphatic imine (C=N–C) groups is 1. The molecule has 0 aromatic heterocycles. The van der Waals surface area contributed by atoms with E-state index in [9.17, 15) is 12.8 Å². The fourth-order valence-corrected chi connectivity index (χ4v) is 3.49. The van der Waals surface area contributed by atoms with Crippen molar-refractivity contribution in [1.82, 2.24) is 10.6 Å². The summed E-state index contributed by atoms with van der Waals surface area (Å²) in [5.41, 5.74) is 1.57. The van der Waals surface area contributed by atoms with Gasteiger partial charge in [-0.25, -0.2) is 17.8 Å². The zero-order valence-corrected chi connectivity index (χ0v) is 17.6. The van der Waals surface area contributed by atoms with Crippen molar-refractivity contribution >= 4 is 21.7 Å². The van der Waals surface area contributed by atoms with Gasteiger partial charge in [0, 0.05) is 18.7 Å². The maximum absolute atomic E-state index is 13.6. The van der Waals surface area contributed by atoms with Crippen LogP contribution in [0.3, 0.4) is 0 Å². The highest BCUT2D eigenvalue weighted by Crippen LogP contribution is 2.18. The van der Waals surface area contributed by atoms with E-state index in [1.54, 1.807) is 14.0 Å². The number of sulfonamides is 1. The van der Waals surface area contributed by atoms with Gasteiger partial charge in [0.05, 0.1) is 25.1 Å². The molecule has 0 unspecified atom stereocenters. The summed E-state index contributed by atoms with van der Waals surface area (Å²) in [7, 11) is -2.03. The second-order valence-corrected chi connectivity index (χ2v) is 8.16. The van der Waals surface area contributed by atoms with Gasteiger partial charge in [0.2, 0.25) is 10.0 Å². The molecule has 0 atom stereocenters. The third-order valence-electron chi connectivity index (χ3n) is 4.05. The lowest BCUT2D eigenvalue weighted by Crippen LogP contribution is -2.40. The van der Waals surface area contributed by atoms with Crippen molar-refractivity contribution in [1.29, 1.82) is 0 Å². The number of benzene rings is 2. The second kappa shape index (κ2) is 10.7. The van der Waals surface area contributed by atoms with Crippen molar-refractivity contribution in [2.75, 3.05) is 30.7 Å². The molecule has 3 N–H and O–H groups in total. The van der Waals surface area contributed by atoms with Crippen LogP contribution < -0.4 is 20.1 Å². The van der Waals surface area contributed by atoms with Gasteiger partial charge < -0.3 is 15.4 Å². The molecule has 0 bridgehead atoms. The van der Waals surface area contributed by atoms with Crippen LogP contribution in [0, 0.1) is 12.7 Å². The monoisotopic (exact) mass is 422 g/mol. The largest absolute Gasteiger partial charge is 0.496 e. The molecular weight excluding hydrogens is 395 g/mol. The SMILES string of the molecule is CCNC(=NCc1ccccc1OC)NCCS(=O)(=O)Nc1ccc(C)c(F)c1. The Bertz CT molecular complexity index is 948. The summed E-state index contributed by atoms with van der Waals surface area (Å²) in [6.45, 7) is 4.69. The number of anilines is 1. The number of para-hydroxylation sites is 1. The zero-order valence-electron chi connectivity index (χ0n) is 16.8. The standard InChI is InChI=1S/C20H27FN4O3S/c1-4-22-20(24-14-16-7-5-6-8-19(16)28-3)23-11-12-29(26,27)25-17-10-9-15(2)18(21)13-17/h5-10,13,25H,4,11-12,14H2,1-3H3,(H2,22,23,24). The van der Waals surface area contributed by atoms with Crippen molar-refractivity contribution in [2.24, 2.45) is 4.99 Å². The number of rotatable bonds is 9. The van der Waals surface area contributed by atoms with Crippen LogP contribution in [0.1, 0.15) is 18.1 Å². The van der Waals surface area contributed by atoms with E-state index in [1.807, 2.05) is 31.2 Å². The van der Waals surface area contributed by atoms with Crippen LogP contribution in [0.25, 0.3) is 0 Å². The number of hydrogen-bond donors (Lipinski definition) is 3. The zero-order chi connectivity index (χ0) is 21.3. The summed E-state index contributed by atoms with van der Waals surface area (Å²) in [6, 6.07) is 11.8. The highest BCUT2D eigenvalue weighted by molar-refractivity contribution is 7.92. The Morgan fingerprint density at radius 3 is 2.62 bits per heavy atom. The molecule has 0 fully saturated rings. The van der Waals surface area contributed by atoms with E-state index in [1.165, 1.54) is 18.2 Å². The van der Waals surface area contributed by atoms with Gasteiger partial charge in [-0.1, -0.05) is 24.3 Å². The highest BCUT2D eigenvalue weighted by Gasteiger charge is 2.12. The van der Waals surface area contributed by atoms with E-state index < -0.39 is 15.8 Å². The van der Waals surface area contributed by atoms with Crippen LogP contribution in [0.5, 0.6) is 5.75 Å². The number of nitrogens with one attached hydrogen (secondary N) is 3. The number of methoxy groups -OCH3 is 1. The normalized spacial score (nSPS) is 11.8. The van der Waals surface area contributed by atoms with Gasteiger partial charge in [-0.15, -0.1) is 0 Å². The third kappa shape index (κ3) is 7.26. The smallest absolute Gasteiger partial charge is 0.234 e. The fourth-order valence-electron chi connectivity index (χ4n) is 2.53. The molecule has 0 saturated carbocycles. The summed E-state index contributed by atoms with van der Waals surface area (Å²) in [5.74, 6) is 0.585. The number of nitrogens with zero attached hydrogens (tertiary/aromatic N) is 1. The molecule has 2 aromatic carbocycles. The molecule has 9 heteroatoms. The van der Waals surface area contributed by atoms with Crippen molar-refractivity contribution in [3.63, 3.8) is 0 Å². The molecule has 2 aromatic rings. The van der Waals surface area contributed by atoms with E-state index in [0.29, 0.717) is 24.6 Å². The average Bonchev–Trinajstić information content (AvgIpc) is 2.68. The molecule has 158 valence electrons. The van der Waals surface area contributed by atoms with Crippen molar-refractivity contribution in [3.8, 4) is 5.75 Å². The number of aryl methyl sites for hydroxylation is 1. The van der Waals surface area contributed by atoms with Crippen LogP contribution in [-0.4, -0.2) is 40.3 Å². The first kappa shape index (κ1) is 22.5. The van der Waals surface area contributed by atoms with Crippen LogP contribution >= 0.6 is 0 Å². The Morgan fingerprint density at radius 2 is 1.93 bits per heavy atom. The minimum absolute atomic E-state index is 0.140. The van der Waals surface area contributed by atoms with Gasteiger partial charge in [0.15, 0.2) is 5.96 Å². The van der Waals surface area contributed by atoms with Crippen molar-refractivity contribution < 1.29 is 17.5 Å². The Balaban J connectivity index is 1.94. The van der Waals surface area contributed by atoms with E-state index in [2.05, 4.69) is 20.3 Å². The first-order valence-corrected chi connectivity index (χ1v) is 10.9. The topological polar surface area (TPSA) is 91.8 Å². The lowest BCUT2D eigenvalue weighted by atomic mass is 10.2. The predicted octanol–water partition coefficient (Wildman–Crippen LogP) is 2.64. The van der Waals surface area contributed by atoms with Gasteiger partial charge in [-0.05, 0) is 37.6 Å². The molecule has 0 aliphatic rings. The van der Waals surface area contributed by atoms with Gasteiger partial charge in [-0.2, -0.15) is 0 Å². The van der Waals surface area contributed by atoms with E-state index >= 15 is 0 Å². The fraction of sp³-hybridized carbons (Fsp3) is 0.350. The molecule has 2 rings (SSSR count). The van der Waals surface area contributed by atoms with E-state index in [0.717, 1.165) is 11.3 Å². The maximum atomic E-state index is 13.6. The first-order chi connectivity index (χ1) is 13.8.